The maximum Gasteiger partial charge on any atom is 0.494 e. The maximum absolute atomic E-state index is 13.7. The van der Waals surface area contributed by atoms with Gasteiger partial charge in [0.25, 0.3) is 0 Å². The van der Waals surface area contributed by atoms with Crippen LogP contribution < -0.4 is 5.46 Å². The number of halogens is 1. The fourth-order valence-electron chi connectivity index (χ4n) is 2.25. The molecule has 1 aromatic carbocycles. The Bertz CT molecular complexity index is 484. The summed E-state index contributed by atoms with van der Waals surface area (Å²) in [4.78, 5) is 0. The molecular formula is C15H22BFO3. The quantitative estimate of drug-likeness (QED) is 0.861. The molecule has 2 rings (SSSR count). The Morgan fingerprint density at radius 1 is 1.15 bits per heavy atom. The standard InChI is InChI=1S/C15H22BFO3/c1-10(18)6-11-7-12(9-13(17)8-11)16-19-14(2,3)15(4,5)20-16/h7-10,18H,6H2,1-5H3. The first kappa shape index (κ1) is 15.5. The highest BCUT2D eigenvalue weighted by Gasteiger charge is 2.51. The van der Waals surface area contributed by atoms with Crippen LogP contribution in [0.25, 0.3) is 0 Å². The van der Waals surface area contributed by atoms with Crippen LogP contribution in [0.1, 0.15) is 40.2 Å². The van der Waals surface area contributed by atoms with Crippen molar-refractivity contribution in [3.05, 3.63) is 29.6 Å². The van der Waals surface area contributed by atoms with Gasteiger partial charge in [0.1, 0.15) is 5.82 Å². The molecule has 0 radical (unpaired) electrons. The van der Waals surface area contributed by atoms with Crippen LogP contribution in [0, 0.1) is 5.82 Å². The van der Waals surface area contributed by atoms with Gasteiger partial charge in [0, 0.05) is 0 Å². The first-order chi connectivity index (χ1) is 9.10. The minimum atomic E-state index is -0.580. The molecule has 0 amide bonds. The van der Waals surface area contributed by atoms with Crippen molar-refractivity contribution in [2.24, 2.45) is 0 Å². The Balaban J connectivity index is 2.28. The summed E-state index contributed by atoms with van der Waals surface area (Å²) in [5, 5.41) is 9.43. The summed E-state index contributed by atoms with van der Waals surface area (Å²) in [5.74, 6) is -0.340. The van der Waals surface area contributed by atoms with Crippen molar-refractivity contribution in [1.82, 2.24) is 0 Å². The molecular weight excluding hydrogens is 258 g/mol. The molecule has 1 saturated heterocycles. The number of rotatable bonds is 3. The average molecular weight is 280 g/mol. The van der Waals surface area contributed by atoms with Gasteiger partial charge in [-0.25, -0.2) is 4.39 Å². The van der Waals surface area contributed by atoms with E-state index in [1.807, 2.05) is 33.8 Å². The lowest BCUT2D eigenvalue weighted by Gasteiger charge is -2.32. The molecule has 20 heavy (non-hydrogen) atoms. The number of hydrogen-bond donors (Lipinski definition) is 1. The molecule has 0 aliphatic carbocycles. The van der Waals surface area contributed by atoms with Crippen LogP contribution in [0.3, 0.4) is 0 Å². The van der Waals surface area contributed by atoms with Gasteiger partial charge in [0.05, 0.1) is 17.3 Å². The number of aliphatic hydroxyl groups excluding tert-OH is 1. The van der Waals surface area contributed by atoms with Gasteiger partial charge < -0.3 is 14.4 Å². The van der Waals surface area contributed by atoms with Crippen molar-refractivity contribution < 1.29 is 18.8 Å². The van der Waals surface area contributed by atoms with Crippen LogP contribution >= 0.6 is 0 Å². The third-order valence-electron chi connectivity index (χ3n) is 4.04. The largest absolute Gasteiger partial charge is 0.494 e. The molecule has 5 heteroatoms. The summed E-state index contributed by atoms with van der Waals surface area (Å²) in [7, 11) is -0.580. The molecule has 0 bridgehead atoms. The van der Waals surface area contributed by atoms with E-state index < -0.39 is 24.4 Å². The molecule has 0 saturated carbocycles. The zero-order valence-corrected chi connectivity index (χ0v) is 12.7. The fourth-order valence-corrected chi connectivity index (χ4v) is 2.25. The lowest BCUT2D eigenvalue weighted by atomic mass is 9.78. The van der Waals surface area contributed by atoms with Crippen molar-refractivity contribution >= 4 is 12.6 Å². The van der Waals surface area contributed by atoms with Gasteiger partial charge in [0.15, 0.2) is 0 Å². The minimum Gasteiger partial charge on any atom is -0.399 e. The number of hydrogen-bond acceptors (Lipinski definition) is 3. The normalized spacial score (nSPS) is 22.1. The van der Waals surface area contributed by atoms with Gasteiger partial charge in [-0.05, 0) is 64.2 Å². The maximum atomic E-state index is 13.7. The Morgan fingerprint density at radius 3 is 2.20 bits per heavy atom. The van der Waals surface area contributed by atoms with Crippen molar-refractivity contribution in [1.29, 1.82) is 0 Å². The molecule has 1 N–H and O–H groups in total. The van der Waals surface area contributed by atoms with Gasteiger partial charge in [-0.2, -0.15) is 0 Å². The van der Waals surface area contributed by atoms with E-state index in [-0.39, 0.29) is 5.82 Å². The molecule has 110 valence electrons. The Kier molecular flexibility index (Phi) is 3.97. The van der Waals surface area contributed by atoms with Gasteiger partial charge in [0.2, 0.25) is 0 Å². The van der Waals surface area contributed by atoms with E-state index in [1.165, 1.54) is 12.1 Å². The molecule has 1 aliphatic heterocycles. The summed E-state index contributed by atoms with van der Waals surface area (Å²) >= 11 is 0. The summed E-state index contributed by atoms with van der Waals surface area (Å²) in [6.45, 7) is 9.53. The van der Waals surface area contributed by atoms with Gasteiger partial charge in [-0.3, -0.25) is 0 Å². The second-order valence-electron chi connectivity index (χ2n) is 6.53. The lowest BCUT2D eigenvalue weighted by Crippen LogP contribution is -2.41. The average Bonchev–Trinajstić information content (AvgIpc) is 2.46. The molecule has 1 aromatic rings. The van der Waals surface area contributed by atoms with E-state index in [2.05, 4.69) is 0 Å². The van der Waals surface area contributed by atoms with Gasteiger partial charge in [-0.15, -0.1) is 0 Å². The highest BCUT2D eigenvalue weighted by atomic mass is 19.1. The number of aliphatic hydroxyl groups is 1. The molecule has 1 fully saturated rings. The third-order valence-corrected chi connectivity index (χ3v) is 4.04. The topological polar surface area (TPSA) is 38.7 Å². The van der Waals surface area contributed by atoms with Crippen LogP contribution in [0.5, 0.6) is 0 Å². The zero-order chi connectivity index (χ0) is 15.1. The van der Waals surface area contributed by atoms with Crippen LogP contribution in [-0.2, 0) is 15.7 Å². The van der Waals surface area contributed by atoms with Crippen LogP contribution in [0.15, 0.2) is 18.2 Å². The zero-order valence-electron chi connectivity index (χ0n) is 12.7. The second-order valence-corrected chi connectivity index (χ2v) is 6.53. The molecule has 0 aromatic heterocycles. The summed E-state index contributed by atoms with van der Waals surface area (Å²) < 4.78 is 25.6. The predicted molar refractivity (Wildman–Crippen MR) is 77.5 cm³/mol. The first-order valence-corrected chi connectivity index (χ1v) is 6.94. The van der Waals surface area contributed by atoms with Crippen molar-refractivity contribution in [2.75, 3.05) is 0 Å². The molecule has 1 aliphatic rings. The molecule has 0 spiro atoms. The molecule has 1 unspecified atom stereocenters. The fraction of sp³-hybridized carbons (Fsp3) is 0.600. The van der Waals surface area contributed by atoms with E-state index in [4.69, 9.17) is 9.31 Å². The highest BCUT2D eigenvalue weighted by molar-refractivity contribution is 6.62. The van der Waals surface area contributed by atoms with Crippen LogP contribution in [0.4, 0.5) is 4.39 Å². The van der Waals surface area contributed by atoms with E-state index in [0.717, 1.165) is 5.56 Å². The third kappa shape index (κ3) is 3.05. The van der Waals surface area contributed by atoms with E-state index >= 15 is 0 Å². The SMILES string of the molecule is CC(O)Cc1cc(F)cc(B2OC(C)(C)C(C)(C)O2)c1. The van der Waals surface area contributed by atoms with E-state index in [0.29, 0.717) is 11.9 Å². The Morgan fingerprint density at radius 2 is 1.70 bits per heavy atom. The van der Waals surface area contributed by atoms with E-state index in [9.17, 15) is 9.50 Å². The van der Waals surface area contributed by atoms with E-state index in [1.54, 1.807) is 6.92 Å². The Hall–Kier alpha value is -0.905. The van der Waals surface area contributed by atoms with Crippen molar-refractivity contribution in [2.45, 2.75) is 58.3 Å². The van der Waals surface area contributed by atoms with Crippen LogP contribution in [-0.4, -0.2) is 29.5 Å². The first-order valence-electron chi connectivity index (χ1n) is 6.94. The van der Waals surface area contributed by atoms with Crippen molar-refractivity contribution in [3.8, 4) is 0 Å². The van der Waals surface area contributed by atoms with Crippen LogP contribution in [0.2, 0.25) is 0 Å². The summed E-state index contributed by atoms with van der Waals surface area (Å²) in [5.41, 5.74) is 0.493. The summed E-state index contributed by atoms with van der Waals surface area (Å²) in [6, 6.07) is 4.69. The molecule has 1 atom stereocenters. The predicted octanol–water partition coefficient (Wildman–Crippen LogP) is 2.05. The molecule has 1 heterocycles. The van der Waals surface area contributed by atoms with Crippen molar-refractivity contribution in [3.63, 3.8) is 0 Å². The van der Waals surface area contributed by atoms with Gasteiger partial charge >= 0.3 is 7.12 Å². The monoisotopic (exact) mass is 280 g/mol. The number of benzene rings is 1. The summed E-state index contributed by atoms with van der Waals surface area (Å²) in [6.07, 6.45) is -0.104. The Labute approximate surface area is 120 Å². The second kappa shape index (κ2) is 5.13. The smallest absolute Gasteiger partial charge is 0.399 e. The lowest BCUT2D eigenvalue weighted by molar-refractivity contribution is 0.00578. The van der Waals surface area contributed by atoms with Gasteiger partial charge in [-0.1, -0.05) is 6.07 Å². The highest BCUT2D eigenvalue weighted by Crippen LogP contribution is 2.36. The molecule has 3 nitrogen and oxygen atoms in total. The minimum absolute atomic E-state index is 0.340.